The lowest BCUT2D eigenvalue weighted by atomic mass is 10.2. The smallest absolute Gasteiger partial charge is 0.251 e. The van der Waals surface area contributed by atoms with Crippen LogP contribution in [0.2, 0.25) is 0 Å². The van der Waals surface area contributed by atoms with Crippen molar-refractivity contribution in [1.29, 1.82) is 0 Å². The summed E-state index contributed by atoms with van der Waals surface area (Å²) in [5.41, 5.74) is 2.04. The average Bonchev–Trinajstić information content (AvgIpc) is 2.60. The first-order valence-corrected chi connectivity index (χ1v) is 10.3. The zero-order chi connectivity index (χ0) is 20.0. The van der Waals surface area contributed by atoms with E-state index in [-0.39, 0.29) is 30.0 Å². The molecule has 6 nitrogen and oxygen atoms in total. The van der Waals surface area contributed by atoms with E-state index in [9.17, 15) is 13.2 Å². The summed E-state index contributed by atoms with van der Waals surface area (Å²) in [4.78, 5) is 12.4. The summed E-state index contributed by atoms with van der Waals surface area (Å²) in [6.45, 7) is 7.75. The van der Waals surface area contributed by atoms with Crippen molar-refractivity contribution in [3.8, 4) is 5.75 Å². The fourth-order valence-electron chi connectivity index (χ4n) is 2.50. The Kier molecular flexibility index (Phi) is 6.98. The second-order valence-corrected chi connectivity index (χ2v) is 8.35. The molecule has 0 saturated heterocycles. The van der Waals surface area contributed by atoms with E-state index in [0.717, 1.165) is 5.56 Å². The van der Waals surface area contributed by atoms with Crippen LogP contribution < -0.4 is 14.8 Å². The van der Waals surface area contributed by atoms with Gasteiger partial charge in [0, 0.05) is 18.7 Å². The summed E-state index contributed by atoms with van der Waals surface area (Å²) in [7, 11) is -3.61. The molecule has 0 aliphatic rings. The number of aryl methyl sites for hydroxylation is 2. The lowest BCUT2D eigenvalue weighted by molar-refractivity contribution is 0.0954. The molecule has 0 heterocycles. The fourth-order valence-corrected chi connectivity index (χ4v) is 3.85. The number of rotatable bonds is 8. The van der Waals surface area contributed by atoms with Crippen LogP contribution in [0.3, 0.4) is 0 Å². The van der Waals surface area contributed by atoms with Gasteiger partial charge in [-0.15, -0.1) is 0 Å². The van der Waals surface area contributed by atoms with Gasteiger partial charge in [0.1, 0.15) is 5.75 Å². The number of hydrogen-bond acceptors (Lipinski definition) is 4. The Morgan fingerprint density at radius 2 is 1.70 bits per heavy atom. The third kappa shape index (κ3) is 6.08. The number of hydrogen-bond donors (Lipinski definition) is 2. The summed E-state index contributed by atoms with van der Waals surface area (Å²) in [6, 6.07) is 12.1. The highest BCUT2D eigenvalue weighted by Gasteiger charge is 2.16. The van der Waals surface area contributed by atoms with Gasteiger partial charge in [-0.05, 0) is 69.2 Å². The molecule has 0 unspecified atom stereocenters. The Balaban J connectivity index is 1.87. The third-order valence-electron chi connectivity index (χ3n) is 3.82. The van der Waals surface area contributed by atoms with E-state index in [1.807, 2.05) is 26.8 Å². The second kappa shape index (κ2) is 9.01. The lowest BCUT2D eigenvalue weighted by Gasteiger charge is -2.11. The van der Waals surface area contributed by atoms with Crippen molar-refractivity contribution in [1.82, 2.24) is 10.0 Å². The molecule has 27 heavy (non-hydrogen) atoms. The van der Waals surface area contributed by atoms with E-state index in [4.69, 9.17) is 4.74 Å². The molecule has 0 aliphatic heterocycles. The Morgan fingerprint density at radius 1 is 1.04 bits per heavy atom. The lowest BCUT2D eigenvalue weighted by Crippen LogP contribution is -2.35. The topological polar surface area (TPSA) is 84.5 Å². The summed E-state index contributed by atoms with van der Waals surface area (Å²) >= 11 is 0. The molecule has 2 aromatic carbocycles. The SMILES string of the molecule is Cc1ccc(C)c(S(=O)(=O)NCCNC(=O)c2ccc(OC(C)C)cc2)c1. The first kappa shape index (κ1) is 20.9. The fraction of sp³-hybridized carbons (Fsp3) is 0.350. The summed E-state index contributed by atoms with van der Waals surface area (Å²) in [5.74, 6) is 0.430. The minimum absolute atomic E-state index is 0.0646. The summed E-state index contributed by atoms with van der Waals surface area (Å²) < 4.78 is 32.9. The normalized spacial score (nSPS) is 11.4. The maximum atomic E-state index is 12.4. The number of nitrogens with one attached hydrogen (secondary N) is 2. The van der Waals surface area contributed by atoms with Gasteiger partial charge in [-0.25, -0.2) is 13.1 Å². The van der Waals surface area contributed by atoms with Crippen molar-refractivity contribution < 1.29 is 17.9 Å². The Morgan fingerprint density at radius 3 is 2.33 bits per heavy atom. The molecule has 146 valence electrons. The first-order valence-electron chi connectivity index (χ1n) is 8.81. The zero-order valence-corrected chi connectivity index (χ0v) is 16.9. The molecule has 0 saturated carbocycles. The highest BCUT2D eigenvalue weighted by molar-refractivity contribution is 7.89. The highest BCUT2D eigenvalue weighted by atomic mass is 32.2. The van der Waals surface area contributed by atoms with Crippen LogP contribution in [0.1, 0.15) is 35.3 Å². The molecule has 2 aromatic rings. The second-order valence-electron chi connectivity index (χ2n) is 6.61. The number of carbonyl (C=O) groups is 1. The van der Waals surface area contributed by atoms with E-state index in [1.54, 1.807) is 43.3 Å². The minimum Gasteiger partial charge on any atom is -0.491 e. The van der Waals surface area contributed by atoms with Crippen molar-refractivity contribution >= 4 is 15.9 Å². The van der Waals surface area contributed by atoms with Crippen molar-refractivity contribution in [3.05, 3.63) is 59.2 Å². The maximum Gasteiger partial charge on any atom is 0.251 e. The van der Waals surface area contributed by atoms with Gasteiger partial charge in [-0.3, -0.25) is 4.79 Å². The van der Waals surface area contributed by atoms with Gasteiger partial charge in [0.05, 0.1) is 11.0 Å². The maximum absolute atomic E-state index is 12.4. The van der Waals surface area contributed by atoms with Crippen molar-refractivity contribution in [2.75, 3.05) is 13.1 Å². The standard InChI is InChI=1S/C20H26N2O4S/c1-14(2)26-18-9-7-17(8-10-18)20(23)21-11-12-22-27(24,25)19-13-15(3)5-6-16(19)4/h5-10,13-14,22H,11-12H2,1-4H3,(H,21,23). The van der Waals surface area contributed by atoms with Gasteiger partial charge in [0.25, 0.3) is 5.91 Å². The molecule has 2 rings (SSSR count). The molecular weight excluding hydrogens is 364 g/mol. The molecule has 0 aliphatic carbocycles. The Bertz CT molecular complexity index is 891. The van der Waals surface area contributed by atoms with E-state index < -0.39 is 10.0 Å². The van der Waals surface area contributed by atoms with E-state index in [0.29, 0.717) is 16.9 Å². The molecule has 1 amide bonds. The van der Waals surface area contributed by atoms with Crippen LogP contribution in [-0.4, -0.2) is 33.5 Å². The van der Waals surface area contributed by atoms with E-state index in [2.05, 4.69) is 10.0 Å². The summed E-state index contributed by atoms with van der Waals surface area (Å²) in [5, 5.41) is 2.70. The summed E-state index contributed by atoms with van der Waals surface area (Å²) in [6.07, 6.45) is 0.0646. The number of benzene rings is 2. The van der Waals surface area contributed by atoms with Gasteiger partial charge in [-0.1, -0.05) is 12.1 Å². The van der Waals surface area contributed by atoms with Crippen molar-refractivity contribution in [2.45, 2.75) is 38.7 Å². The zero-order valence-electron chi connectivity index (χ0n) is 16.1. The van der Waals surface area contributed by atoms with Crippen LogP contribution in [0.4, 0.5) is 0 Å². The molecule has 7 heteroatoms. The van der Waals surface area contributed by atoms with Crippen molar-refractivity contribution in [3.63, 3.8) is 0 Å². The predicted molar refractivity (Wildman–Crippen MR) is 106 cm³/mol. The van der Waals surface area contributed by atoms with Gasteiger partial charge >= 0.3 is 0 Å². The van der Waals surface area contributed by atoms with Gasteiger partial charge in [0.15, 0.2) is 0 Å². The molecule has 0 radical (unpaired) electrons. The van der Waals surface area contributed by atoms with Crippen LogP contribution >= 0.6 is 0 Å². The quantitative estimate of drug-likeness (QED) is 0.679. The van der Waals surface area contributed by atoms with Crippen molar-refractivity contribution in [2.24, 2.45) is 0 Å². The number of ether oxygens (including phenoxy) is 1. The van der Waals surface area contributed by atoms with Gasteiger partial charge in [-0.2, -0.15) is 0 Å². The Labute approximate surface area is 161 Å². The average molecular weight is 391 g/mol. The van der Waals surface area contributed by atoms with Crippen LogP contribution in [0.15, 0.2) is 47.4 Å². The molecule has 0 spiro atoms. The monoisotopic (exact) mass is 390 g/mol. The number of sulfonamides is 1. The predicted octanol–water partition coefficient (Wildman–Crippen LogP) is 2.80. The largest absolute Gasteiger partial charge is 0.491 e. The van der Waals surface area contributed by atoms with Crippen LogP contribution in [-0.2, 0) is 10.0 Å². The van der Waals surface area contributed by atoms with Gasteiger partial charge in [0.2, 0.25) is 10.0 Å². The number of amides is 1. The third-order valence-corrected chi connectivity index (χ3v) is 5.43. The number of carbonyl (C=O) groups excluding carboxylic acids is 1. The molecular formula is C20H26N2O4S. The van der Waals surface area contributed by atoms with Crippen LogP contribution in [0.5, 0.6) is 5.75 Å². The van der Waals surface area contributed by atoms with E-state index >= 15 is 0 Å². The Hall–Kier alpha value is -2.38. The molecule has 0 atom stereocenters. The van der Waals surface area contributed by atoms with E-state index in [1.165, 1.54) is 0 Å². The van der Waals surface area contributed by atoms with Crippen LogP contribution in [0.25, 0.3) is 0 Å². The first-order chi connectivity index (χ1) is 12.7. The highest BCUT2D eigenvalue weighted by Crippen LogP contribution is 2.16. The molecule has 0 fully saturated rings. The molecule has 2 N–H and O–H groups in total. The van der Waals surface area contributed by atoms with Crippen LogP contribution in [0, 0.1) is 13.8 Å². The minimum atomic E-state index is -3.61. The molecule has 0 aromatic heterocycles. The molecule has 0 bridgehead atoms. The van der Waals surface area contributed by atoms with Gasteiger partial charge < -0.3 is 10.1 Å².